The van der Waals surface area contributed by atoms with Gasteiger partial charge in [0.15, 0.2) is 0 Å². The zero-order valence-electron chi connectivity index (χ0n) is 38.1. The topological polar surface area (TPSA) is 3.24 Å². The summed E-state index contributed by atoms with van der Waals surface area (Å²) in [6.45, 7) is 0. The van der Waals surface area contributed by atoms with E-state index in [9.17, 15) is 0 Å². The van der Waals surface area contributed by atoms with Crippen molar-refractivity contribution in [1.29, 1.82) is 0 Å². The zero-order chi connectivity index (χ0) is 45.9. The van der Waals surface area contributed by atoms with Crippen LogP contribution >= 0.6 is 0 Å². The molecule has 0 amide bonds. The Morgan fingerprint density at radius 1 is 0.188 bits per heavy atom. The molecule has 0 aliphatic heterocycles. The monoisotopic (exact) mass is 877 g/mol. The van der Waals surface area contributed by atoms with E-state index in [1.807, 2.05) is 0 Å². The summed E-state index contributed by atoms with van der Waals surface area (Å²) in [7, 11) is 0. The predicted molar refractivity (Wildman–Crippen MR) is 294 cm³/mol. The predicted octanol–water partition coefficient (Wildman–Crippen LogP) is 19.1. The number of anilines is 3. The lowest BCUT2D eigenvalue weighted by molar-refractivity contribution is 1.28. The van der Waals surface area contributed by atoms with Crippen LogP contribution in [0.4, 0.5) is 17.1 Å². The van der Waals surface area contributed by atoms with E-state index in [0.29, 0.717) is 0 Å². The van der Waals surface area contributed by atoms with Crippen molar-refractivity contribution in [2.24, 2.45) is 0 Å². The first kappa shape index (κ1) is 41.4. The third-order valence-corrected chi connectivity index (χ3v) is 13.5. The molecule has 0 heterocycles. The Morgan fingerprint density at radius 2 is 0.536 bits per heavy atom. The van der Waals surface area contributed by atoms with Gasteiger partial charge in [0.05, 0.1) is 0 Å². The highest BCUT2D eigenvalue weighted by Gasteiger charge is 2.22. The van der Waals surface area contributed by atoms with Gasteiger partial charge in [-0.1, -0.05) is 249 Å². The molecule has 0 aliphatic rings. The maximum absolute atomic E-state index is 2.42. The Hall–Kier alpha value is -9.04. The van der Waals surface area contributed by atoms with Crippen LogP contribution in [0.1, 0.15) is 0 Å². The second kappa shape index (κ2) is 18.3. The van der Waals surface area contributed by atoms with Crippen LogP contribution in [-0.4, -0.2) is 0 Å². The minimum Gasteiger partial charge on any atom is -0.310 e. The molecule has 0 saturated heterocycles. The maximum atomic E-state index is 2.42. The molecule has 12 aromatic carbocycles. The number of hydrogen-bond donors (Lipinski definition) is 0. The van der Waals surface area contributed by atoms with Gasteiger partial charge in [-0.15, -0.1) is 0 Å². The molecule has 0 fully saturated rings. The molecule has 1 nitrogen and oxygen atoms in total. The van der Waals surface area contributed by atoms with Gasteiger partial charge in [0, 0.05) is 17.1 Å². The second-order valence-corrected chi connectivity index (χ2v) is 17.6. The number of nitrogens with zero attached hydrogens (tertiary/aromatic N) is 1. The molecule has 0 aliphatic carbocycles. The minimum atomic E-state index is 1.07. The molecule has 0 unspecified atom stereocenters. The molecule has 12 rings (SSSR count). The minimum absolute atomic E-state index is 1.07. The van der Waals surface area contributed by atoms with Crippen molar-refractivity contribution < 1.29 is 0 Å². The lowest BCUT2D eigenvalue weighted by Gasteiger charge is -2.28. The average Bonchev–Trinajstić information content (AvgIpc) is 3.44. The first-order chi connectivity index (χ1) is 34.3. The van der Waals surface area contributed by atoms with Gasteiger partial charge in [0.25, 0.3) is 0 Å². The van der Waals surface area contributed by atoms with Crippen LogP contribution in [0.5, 0.6) is 0 Å². The number of fused-ring (bicyclic) bond motifs is 3. The smallest absolute Gasteiger partial charge is 0.0468 e. The molecule has 0 spiro atoms. The number of benzene rings is 12. The fourth-order valence-corrected chi connectivity index (χ4v) is 10.3. The zero-order valence-corrected chi connectivity index (χ0v) is 38.1. The first-order valence-electron chi connectivity index (χ1n) is 23.8. The summed E-state index contributed by atoms with van der Waals surface area (Å²) in [5.74, 6) is 0. The van der Waals surface area contributed by atoms with Gasteiger partial charge in [0.1, 0.15) is 0 Å². The highest BCUT2D eigenvalue weighted by Crippen LogP contribution is 2.49. The molecule has 0 saturated carbocycles. The van der Waals surface area contributed by atoms with E-state index < -0.39 is 0 Å². The van der Waals surface area contributed by atoms with Crippen LogP contribution in [0.3, 0.4) is 0 Å². The molecule has 1 heteroatoms. The normalized spacial score (nSPS) is 11.2. The molecular formula is C68H47N. The van der Waals surface area contributed by atoms with Crippen molar-refractivity contribution in [3.63, 3.8) is 0 Å². The van der Waals surface area contributed by atoms with Crippen LogP contribution < -0.4 is 4.90 Å². The van der Waals surface area contributed by atoms with Crippen LogP contribution in [0.25, 0.3) is 99.4 Å². The van der Waals surface area contributed by atoms with Gasteiger partial charge in [-0.05, 0) is 136 Å². The quantitative estimate of drug-likeness (QED) is 0.124. The van der Waals surface area contributed by atoms with E-state index in [0.717, 1.165) is 22.6 Å². The van der Waals surface area contributed by atoms with Gasteiger partial charge < -0.3 is 4.90 Å². The second-order valence-electron chi connectivity index (χ2n) is 17.6. The van der Waals surface area contributed by atoms with Crippen LogP contribution in [-0.2, 0) is 0 Å². The number of rotatable bonds is 10. The lowest BCUT2D eigenvalue weighted by atomic mass is 9.82. The van der Waals surface area contributed by atoms with E-state index >= 15 is 0 Å². The summed E-state index contributed by atoms with van der Waals surface area (Å²) in [5.41, 5.74) is 19.9. The highest BCUT2D eigenvalue weighted by molar-refractivity contribution is 6.25. The van der Waals surface area contributed by atoms with Gasteiger partial charge in [-0.2, -0.15) is 0 Å². The fourth-order valence-electron chi connectivity index (χ4n) is 10.3. The highest BCUT2D eigenvalue weighted by atomic mass is 15.1. The standard InChI is InChI=1S/C68H47N/c1-7-22-48(23-8-1)58-44-42-56(46-64(58)50-26-11-3-12-27-50)69(57-43-45-59(49-24-9-2-10-25-49)65(47-57)51-28-13-4-14-29-51)55-40-38-52(39-41-55)60-36-21-37-63-61-34-19-20-35-62(61)66(53-30-15-5-16-31-53)67(68(60)63)54-32-17-6-18-33-54/h1-47H. The van der Waals surface area contributed by atoms with Crippen molar-refractivity contribution in [2.75, 3.05) is 4.90 Å². The van der Waals surface area contributed by atoms with Crippen molar-refractivity contribution in [2.45, 2.75) is 0 Å². The van der Waals surface area contributed by atoms with E-state index in [1.165, 1.54) is 93.9 Å². The summed E-state index contributed by atoms with van der Waals surface area (Å²) < 4.78 is 0. The molecule has 0 radical (unpaired) electrons. The summed E-state index contributed by atoms with van der Waals surface area (Å²) in [6, 6.07) is 104. The van der Waals surface area contributed by atoms with E-state index in [4.69, 9.17) is 0 Å². The molecule has 0 N–H and O–H groups in total. The molecule has 0 aromatic heterocycles. The summed E-state index contributed by atoms with van der Waals surface area (Å²) in [5, 5.41) is 4.99. The molecule has 12 aromatic rings. The summed E-state index contributed by atoms with van der Waals surface area (Å²) in [6.07, 6.45) is 0. The van der Waals surface area contributed by atoms with Crippen molar-refractivity contribution >= 4 is 38.6 Å². The van der Waals surface area contributed by atoms with Gasteiger partial charge in [-0.25, -0.2) is 0 Å². The molecule has 0 atom stereocenters. The van der Waals surface area contributed by atoms with Gasteiger partial charge in [-0.3, -0.25) is 0 Å². The largest absolute Gasteiger partial charge is 0.310 e. The van der Waals surface area contributed by atoms with E-state index in [-0.39, 0.29) is 0 Å². The average molecular weight is 878 g/mol. The van der Waals surface area contributed by atoms with E-state index in [1.54, 1.807) is 0 Å². The Balaban J connectivity index is 1.08. The van der Waals surface area contributed by atoms with Crippen LogP contribution in [0.2, 0.25) is 0 Å². The van der Waals surface area contributed by atoms with Crippen molar-refractivity contribution in [3.05, 3.63) is 285 Å². The van der Waals surface area contributed by atoms with Crippen molar-refractivity contribution in [3.8, 4) is 77.9 Å². The van der Waals surface area contributed by atoms with Crippen molar-refractivity contribution in [1.82, 2.24) is 0 Å². The van der Waals surface area contributed by atoms with Crippen LogP contribution in [0, 0.1) is 0 Å². The van der Waals surface area contributed by atoms with Gasteiger partial charge in [0.2, 0.25) is 0 Å². The Bertz CT molecular complexity index is 3590. The Labute approximate surface area is 404 Å². The fraction of sp³-hybridized carbons (Fsp3) is 0. The van der Waals surface area contributed by atoms with Crippen LogP contribution in [0.15, 0.2) is 285 Å². The lowest BCUT2D eigenvalue weighted by Crippen LogP contribution is -2.10. The molecule has 69 heavy (non-hydrogen) atoms. The van der Waals surface area contributed by atoms with Gasteiger partial charge >= 0.3 is 0 Å². The molecular weight excluding hydrogens is 831 g/mol. The van der Waals surface area contributed by atoms with E-state index in [2.05, 4.69) is 290 Å². The number of hydrogen-bond acceptors (Lipinski definition) is 1. The summed E-state index contributed by atoms with van der Waals surface area (Å²) >= 11 is 0. The third-order valence-electron chi connectivity index (χ3n) is 13.5. The third kappa shape index (κ3) is 7.86. The first-order valence-corrected chi connectivity index (χ1v) is 23.8. The summed E-state index contributed by atoms with van der Waals surface area (Å²) in [4.78, 5) is 2.42. The Morgan fingerprint density at radius 3 is 1.00 bits per heavy atom. The molecule has 0 bridgehead atoms. The Kier molecular flexibility index (Phi) is 11.0. The maximum Gasteiger partial charge on any atom is 0.0468 e. The molecule has 324 valence electrons. The SMILES string of the molecule is c1ccc(-c2ccc(N(c3ccc(-c4cccc5c4c(-c4ccccc4)c(-c4ccccc4)c4ccccc45)cc3)c3ccc(-c4ccccc4)c(-c4ccccc4)c3)cc2-c2ccccc2)cc1.